The molecule has 102 valence electrons. The fourth-order valence-electron chi connectivity index (χ4n) is 1.89. The number of halogens is 1. The average Bonchev–Trinajstić information content (AvgIpc) is 2.63. The van der Waals surface area contributed by atoms with E-state index in [-0.39, 0.29) is 12.1 Å². The van der Waals surface area contributed by atoms with Crippen LogP contribution in [0.3, 0.4) is 0 Å². The number of nitrogens with one attached hydrogen (secondary N) is 1. The first-order valence-electron chi connectivity index (χ1n) is 5.94. The molecule has 7 heteroatoms. The smallest absolute Gasteiger partial charge is 0.294 e. The summed E-state index contributed by atoms with van der Waals surface area (Å²) in [4.78, 5) is 25.3. The fraction of sp³-hybridized carbons (Fsp3) is 0.417. The lowest BCUT2D eigenvalue weighted by Crippen LogP contribution is -2.31. The number of aryl methyl sites for hydroxylation is 3. The van der Waals surface area contributed by atoms with Crippen molar-refractivity contribution < 1.29 is 0 Å². The standard InChI is InChI=1S/C12H15ClN4O2/c1-4-8-10(13)9(16(3)15-8)6-17-5-7(2)11(18)14-12(17)19/h5H,4,6H2,1-3H3,(H,14,18,19). The summed E-state index contributed by atoms with van der Waals surface area (Å²) in [6.45, 7) is 3.89. The molecule has 0 bridgehead atoms. The summed E-state index contributed by atoms with van der Waals surface area (Å²) in [5, 5.41) is 4.86. The van der Waals surface area contributed by atoms with Crippen LogP contribution in [0.4, 0.5) is 0 Å². The lowest BCUT2D eigenvalue weighted by Gasteiger charge is -2.06. The monoisotopic (exact) mass is 282 g/mol. The number of rotatable bonds is 3. The predicted molar refractivity (Wildman–Crippen MR) is 72.8 cm³/mol. The van der Waals surface area contributed by atoms with Crippen LogP contribution in [-0.4, -0.2) is 19.3 Å². The topological polar surface area (TPSA) is 72.7 Å². The summed E-state index contributed by atoms with van der Waals surface area (Å²) >= 11 is 6.23. The molecule has 0 aliphatic carbocycles. The molecule has 19 heavy (non-hydrogen) atoms. The lowest BCUT2D eigenvalue weighted by molar-refractivity contribution is 0.634. The normalized spacial score (nSPS) is 10.9. The Morgan fingerprint density at radius 2 is 2.11 bits per heavy atom. The second-order valence-electron chi connectivity index (χ2n) is 4.38. The van der Waals surface area contributed by atoms with Gasteiger partial charge in [-0.15, -0.1) is 0 Å². The maximum absolute atomic E-state index is 11.7. The van der Waals surface area contributed by atoms with Crippen LogP contribution < -0.4 is 11.2 Å². The molecule has 2 aromatic rings. The van der Waals surface area contributed by atoms with Gasteiger partial charge in [-0.05, 0) is 13.3 Å². The highest BCUT2D eigenvalue weighted by Gasteiger charge is 2.14. The van der Waals surface area contributed by atoms with Crippen molar-refractivity contribution in [3.05, 3.63) is 49.0 Å². The molecule has 0 fully saturated rings. The molecule has 0 aliphatic rings. The van der Waals surface area contributed by atoms with Gasteiger partial charge in [0.05, 0.1) is 23.0 Å². The molecular weight excluding hydrogens is 268 g/mol. The molecule has 1 N–H and O–H groups in total. The zero-order valence-electron chi connectivity index (χ0n) is 11.0. The van der Waals surface area contributed by atoms with E-state index in [2.05, 4.69) is 10.1 Å². The molecular formula is C12H15ClN4O2. The van der Waals surface area contributed by atoms with Gasteiger partial charge >= 0.3 is 5.69 Å². The van der Waals surface area contributed by atoms with Crippen LogP contribution >= 0.6 is 11.6 Å². The van der Waals surface area contributed by atoms with Gasteiger partial charge < -0.3 is 0 Å². The molecule has 0 aromatic carbocycles. The van der Waals surface area contributed by atoms with Crippen LogP contribution in [-0.2, 0) is 20.0 Å². The molecule has 2 rings (SSSR count). The van der Waals surface area contributed by atoms with Crippen molar-refractivity contribution >= 4 is 11.6 Å². The van der Waals surface area contributed by atoms with E-state index in [1.165, 1.54) is 10.8 Å². The van der Waals surface area contributed by atoms with Crippen LogP contribution in [0.2, 0.25) is 5.02 Å². The largest absolute Gasteiger partial charge is 0.328 e. The van der Waals surface area contributed by atoms with Crippen LogP contribution in [0.5, 0.6) is 0 Å². The molecule has 2 aromatic heterocycles. The van der Waals surface area contributed by atoms with Gasteiger partial charge in [-0.25, -0.2) is 4.79 Å². The summed E-state index contributed by atoms with van der Waals surface area (Å²) in [6.07, 6.45) is 2.25. The number of H-pyrrole nitrogens is 1. The number of nitrogens with zero attached hydrogens (tertiary/aromatic N) is 3. The van der Waals surface area contributed by atoms with Crippen molar-refractivity contribution in [2.75, 3.05) is 0 Å². The summed E-state index contributed by atoms with van der Waals surface area (Å²) in [5.74, 6) is 0. The van der Waals surface area contributed by atoms with Gasteiger partial charge in [-0.2, -0.15) is 5.10 Å². The first kappa shape index (κ1) is 13.6. The first-order chi connectivity index (χ1) is 8.93. The number of hydrogen-bond acceptors (Lipinski definition) is 3. The third-order valence-electron chi connectivity index (χ3n) is 3.01. The van der Waals surface area contributed by atoms with Crippen LogP contribution in [0.15, 0.2) is 15.8 Å². The maximum atomic E-state index is 11.7. The second kappa shape index (κ2) is 5.05. The van der Waals surface area contributed by atoms with E-state index in [1.54, 1.807) is 18.7 Å². The van der Waals surface area contributed by atoms with Gasteiger partial charge in [0.25, 0.3) is 5.56 Å². The second-order valence-corrected chi connectivity index (χ2v) is 4.76. The van der Waals surface area contributed by atoms with Crippen molar-refractivity contribution in [1.29, 1.82) is 0 Å². The SMILES string of the molecule is CCc1nn(C)c(Cn2cc(C)c(=O)[nH]c2=O)c1Cl. The highest BCUT2D eigenvalue weighted by Crippen LogP contribution is 2.21. The molecule has 0 spiro atoms. The van der Waals surface area contributed by atoms with Crippen molar-refractivity contribution in [1.82, 2.24) is 19.3 Å². The zero-order valence-corrected chi connectivity index (χ0v) is 11.8. The molecule has 6 nitrogen and oxygen atoms in total. The molecule has 0 unspecified atom stereocenters. The molecule has 0 saturated heterocycles. The Kier molecular flexibility index (Phi) is 3.61. The van der Waals surface area contributed by atoms with Crippen LogP contribution in [0.1, 0.15) is 23.9 Å². The Labute approximate surface area is 114 Å². The first-order valence-corrected chi connectivity index (χ1v) is 6.32. The minimum absolute atomic E-state index is 0.277. The zero-order chi connectivity index (χ0) is 14.2. The summed E-state index contributed by atoms with van der Waals surface area (Å²) < 4.78 is 3.08. The fourth-order valence-corrected chi connectivity index (χ4v) is 2.24. The Morgan fingerprint density at radius 1 is 1.42 bits per heavy atom. The highest BCUT2D eigenvalue weighted by molar-refractivity contribution is 6.31. The Morgan fingerprint density at radius 3 is 2.68 bits per heavy atom. The molecule has 0 atom stereocenters. The summed E-state index contributed by atoms with van der Waals surface area (Å²) in [6, 6.07) is 0. The molecule has 0 radical (unpaired) electrons. The Hall–Kier alpha value is -1.82. The number of aromatic nitrogens is 4. The Balaban J connectivity index is 2.48. The predicted octanol–water partition coefficient (Wildman–Crippen LogP) is 0.843. The minimum atomic E-state index is -0.453. The van der Waals surface area contributed by atoms with Gasteiger partial charge in [-0.3, -0.25) is 19.0 Å². The summed E-state index contributed by atoms with van der Waals surface area (Å²) in [5.41, 5.74) is 1.20. The van der Waals surface area contributed by atoms with E-state index in [0.717, 1.165) is 17.8 Å². The van der Waals surface area contributed by atoms with Crippen LogP contribution in [0, 0.1) is 6.92 Å². The number of aromatic amines is 1. The van der Waals surface area contributed by atoms with Crippen molar-refractivity contribution in [2.45, 2.75) is 26.8 Å². The molecule has 0 saturated carbocycles. The third-order valence-corrected chi connectivity index (χ3v) is 3.45. The van der Waals surface area contributed by atoms with Crippen molar-refractivity contribution in [3.8, 4) is 0 Å². The van der Waals surface area contributed by atoms with E-state index in [9.17, 15) is 9.59 Å². The number of hydrogen-bond donors (Lipinski definition) is 1. The van der Waals surface area contributed by atoms with Gasteiger partial charge in [0.15, 0.2) is 0 Å². The molecule has 2 heterocycles. The van der Waals surface area contributed by atoms with Crippen molar-refractivity contribution in [2.24, 2.45) is 7.05 Å². The van der Waals surface area contributed by atoms with E-state index >= 15 is 0 Å². The molecule has 0 amide bonds. The quantitative estimate of drug-likeness (QED) is 0.907. The van der Waals surface area contributed by atoms with Crippen molar-refractivity contribution in [3.63, 3.8) is 0 Å². The van der Waals surface area contributed by atoms with Gasteiger partial charge in [-0.1, -0.05) is 18.5 Å². The maximum Gasteiger partial charge on any atom is 0.328 e. The van der Waals surface area contributed by atoms with E-state index in [0.29, 0.717) is 10.6 Å². The average molecular weight is 283 g/mol. The molecule has 0 aliphatic heterocycles. The van der Waals surface area contributed by atoms with E-state index < -0.39 is 5.69 Å². The minimum Gasteiger partial charge on any atom is -0.294 e. The van der Waals surface area contributed by atoms with Gasteiger partial charge in [0.1, 0.15) is 0 Å². The summed E-state index contributed by atoms with van der Waals surface area (Å²) in [7, 11) is 1.78. The third kappa shape index (κ3) is 2.49. The van der Waals surface area contributed by atoms with E-state index in [4.69, 9.17) is 11.6 Å². The van der Waals surface area contributed by atoms with Crippen LogP contribution in [0.25, 0.3) is 0 Å². The lowest BCUT2D eigenvalue weighted by atomic mass is 10.3. The Bertz CT molecular complexity index is 726. The van der Waals surface area contributed by atoms with Gasteiger partial charge in [0, 0.05) is 18.8 Å². The highest BCUT2D eigenvalue weighted by atomic mass is 35.5. The van der Waals surface area contributed by atoms with Gasteiger partial charge in [0.2, 0.25) is 0 Å². The van der Waals surface area contributed by atoms with E-state index in [1.807, 2.05) is 6.92 Å².